The lowest BCUT2D eigenvalue weighted by Gasteiger charge is -1.77. The Morgan fingerprint density at radius 1 is 1.43 bits per heavy atom. The van der Waals surface area contributed by atoms with Gasteiger partial charge in [-0.05, 0) is 0 Å². The Hall–Kier alpha value is 0.440. The van der Waals surface area contributed by atoms with Gasteiger partial charge in [-0.3, -0.25) is 9.79 Å². The van der Waals surface area contributed by atoms with Crippen LogP contribution in [0.3, 0.4) is 0 Å². The van der Waals surface area contributed by atoms with E-state index in [2.05, 4.69) is 0 Å². The Balaban J connectivity index is 0. The lowest BCUT2D eigenvalue weighted by molar-refractivity contribution is 0.322. The van der Waals surface area contributed by atoms with Gasteiger partial charge in [0.1, 0.15) is 0 Å². The predicted octanol–water partition coefficient (Wildman–Crippen LogP) is 0.795. The minimum absolute atomic E-state index is 0.917. The van der Waals surface area contributed by atoms with Crippen LogP contribution in [-0.4, -0.2) is 9.79 Å². The minimum Gasteiger partial charge on any atom is -0.299 e. The van der Waals surface area contributed by atoms with Gasteiger partial charge in [-0.1, -0.05) is 0 Å². The third-order valence-corrected chi connectivity index (χ3v) is 0. The Labute approximate surface area is 41.3 Å². The van der Waals surface area contributed by atoms with Gasteiger partial charge in [0.2, 0.25) is 0 Å². The summed E-state index contributed by atoms with van der Waals surface area (Å²) in [5.74, 6) is 0. The highest BCUT2D eigenvalue weighted by Crippen LogP contribution is 2.34. The third kappa shape index (κ3) is 656. The summed E-state index contributed by atoms with van der Waals surface area (Å²) in [6.07, 6.45) is 0. The fourth-order valence-electron chi connectivity index (χ4n) is 0. The first kappa shape index (κ1) is 10.4. The normalized spacial score (nSPS) is 9.29. The standard InChI is InChI=1S/FH2O3P.FH2P/c1-5(2,3)4;1-2/h(H2,2,3,4);2H2. The number of hydrogen-bond donors (Lipinski definition) is 2. The Bertz CT molecular complexity index is 57.1. The fourth-order valence-corrected chi connectivity index (χ4v) is 0. The Morgan fingerprint density at radius 2 is 1.43 bits per heavy atom. The minimum atomic E-state index is -5.14. The van der Waals surface area contributed by atoms with Gasteiger partial charge in [-0.2, -0.15) is 0 Å². The molecule has 0 radical (unpaired) electrons. The first-order valence-corrected chi connectivity index (χ1v) is 2.91. The lowest BCUT2D eigenvalue weighted by Crippen LogP contribution is -1.56. The van der Waals surface area contributed by atoms with E-state index in [0.717, 1.165) is 9.55 Å². The predicted molar refractivity (Wildman–Crippen MR) is 24.0 cm³/mol. The molecule has 0 aromatic heterocycles. The van der Waals surface area contributed by atoms with Crippen molar-refractivity contribution in [1.82, 2.24) is 0 Å². The summed E-state index contributed by atoms with van der Waals surface area (Å²) in [7, 11) is -4.22. The summed E-state index contributed by atoms with van der Waals surface area (Å²) in [5.41, 5.74) is 0. The summed E-state index contributed by atoms with van der Waals surface area (Å²) in [4.78, 5) is 13.9. The zero-order valence-corrected chi connectivity index (χ0v) is 5.13. The van der Waals surface area contributed by atoms with Gasteiger partial charge in [0.15, 0.2) is 0 Å². The zero-order valence-electron chi connectivity index (χ0n) is 3.08. The van der Waals surface area contributed by atoms with Crippen molar-refractivity contribution in [2.24, 2.45) is 0 Å². The molecule has 0 aliphatic carbocycles. The lowest BCUT2D eigenvalue weighted by atomic mass is 15.8. The quantitative estimate of drug-likeness (QED) is 0.504. The molecule has 0 rings (SSSR count). The molecule has 0 saturated carbocycles. The molecule has 1 unspecified atom stereocenters. The smallest absolute Gasteiger partial charge is 0.299 e. The number of rotatable bonds is 0. The third-order valence-electron chi connectivity index (χ3n) is 0. The molecule has 2 N–H and O–H groups in total. The highest BCUT2D eigenvalue weighted by molar-refractivity contribution is 7.45. The van der Waals surface area contributed by atoms with Gasteiger partial charge in [-0.15, -0.1) is 4.20 Å². The van der Waals surface area contributed by atoms with Crippen LogP contribution in [0.4, 0.5) is 8.39 Å². The molecule has 46 valence electrons. The molecule has 0 heterocycles. The molecule has 3 nitrogen and oxygen atoms in total. The summed E-state index contributed by atoms with van der Waals surface area (Å²) in [6, 6.07) is 0. The van der Waals surface area contributed by atoms with Crippen LogP contribution in [0.25, 0.3) is 0 Å². The highest BCUT2D eigenvalue weighted by atomic mass is 31.2. The number of halogens is 2. The van der Waals surface area contributed by atoms with Crippen LogP contribution in [0.15, 0.2) is 0 Å². The topological polar surface area (TPSA) is 57.5 Å². The summed E-state index contributed by atoms with van der Waals surface area (Å²) < 4.78 is 28.4. The maximum atomic E-state index is 10.4. The summed E-state index contributed by atoms with van der Waals surface area (Å²) in [5, 5.41) is 0. The molecule has 0 aliphatic heterocycles. The molecule has 0 aromatic rings. The summed E-state index contributed by atoms with van der Waals surface area (Å²) >= 11 is 0. The molecule has 0 aromatic carbocycles. The van der Waals surface area contributed by atoms with Crippen LogP contribution in [0.2, 0.25) is 0 Å². The largest absolute Gasteiger partial charge is 0.507 e. The second kappa shape index (κ2) is 4.60. The molecule has 0 fully saturated rings. The van der Waals surface area contributed by atoms with Gasteiger partial charge < -0.3 is 0 Å². The van der Waals surface area contributed by atoms with Gasteiger partial charge in [0.25, 0.3) is 0 Å². The van der Waals surface area contributed by atoms with Crippen LogP contribution in [-0.2, 0) is 4.57 Å². The van der Waals surface area contributed by atoms with Crippen molar-refractivity contribution in [2.75, 3.05) is 0 Å². The monoisotopic (exact) mass is 152 g/mol. The molecule has 0 amide bonds. The van der Waals surface area contributed by atoms with E-state index in [1.807, 2.05) is 0 Å². The molecule has 7 heteroatoms. The summed E-state index contributed by atoms with van der Waals surface area (Å²) in [6.45, 7) is 0. The molecule has 0 aliphatic rings. The van der Waals surface area contributed by atoms with E-state index >= 15 is 0 Å². The van der Waals surface area contributed by atoms with Crippen molar-refractivity contribution in [3.05, 3.63) is 0 Å². The molecular formula is H4F2O3P2. The average Bonchev–Trinajstić information content (AvgIpc) is 1.36. The van der Waals surface area contributed by atoms with E-state index in [-0.39, 0.29) is 0 Å². The SMILES string of the molecule is FP.O=P(O)(O)F. The molecule has 0 saturated heterocycles. The second-order valence-electron chi connectivity index (χ2n) is 0.473. The maximum Gasteiger partial charge on any atom is 0.507 e. The van der Waals surface area contributed by atoms with Gasteiger partial charge >= 0.3 is 7.91 Å². The van der Waals surface area contributed by atoms with Crippen molar-refractivity contribution >= 4 is 17.5 Å². The van der Waals surface area contributed by atoms with E-state index in [0.29, 0.717) is 0 Å². The number of hydrogen-bond acceptors (Lipinski definition) is 1. The van der Waals surface area contributed by atoms with Crippen molar-refractivity contribution in [3.63, 3.8) is 0 Å². The van der Waals surface area contributed by atoms with E-state index < -0.39 is 7.91 Å². The Morgan fingerprint density at radius 3 is 1.43 bits per heavy atom. The van der Waals surface area contributed by atoms with Crippen molar-refractivity contribution in [1.29, 1.82) is 0 Å². The zero-order chi connectivity index (χ0) is 6.50. The van der Waals surface area contributed by atoms with E-state index in [1.54, 1.807) is 0 Å². The fraction of sp³-hybridized carbons (Fsp3) is 0. The first-order chi connectivity index (χ1) is 3.00. The van der Waals surface area contributed by atoms with Crippen LogP contribution >= 0.6 is 17.5 Å². The molecule has 0 bridgehead atoms. The second-order valence-corrected chi connectivity index (χ2v) is 1.42. The average molecular weight is 152 g/mol. The van der Waals surface area contributed by atoms with Crippen LogP contribution < -0.4 is 0 Å². The van der Waals surface area contributed by atoms with E-state index in [4.69, 9.17) is 14.4 Å². The molecular weight excluding hydrogens is 148 g/mol. The van der Waals surface area contributed by atoms with Crippen molar-refractivity contribution in [3.8, 4) is 0 Å². The Kier molecular flexibility index (Phi) is 6.84. The van der Waals surface area contributed by atoms with Crippen molar-refractivity contribution < 1.29 is 22.7 Å². The molecule has 1 atom stereocenters. The maximum absolute atomic E-state index is 10.4. The van der Waals surface area contributed by atoms with Crippen LogP contribution in [0, 0.1) is 0 Å². The van der Waals surface area contributed by atoms with Gasteiger partial charge in [-0.25, -0.2) is 8.76 Å². The molecule has 7 heavy (non-hydrogen) atoms. The molecule has 0 spiro atoms. The van der Waals surface area contributed by atoms with E-state index in [1.165, 1.54) is 0 Å². The highest BCUT2D eigenvalue weighted by Gasteiger charge is 2.04. The van der Waals surface area contributed by atoms with Gasteiger partial charge in [0.05, 0.1) is 9.55 Å². The van der Waals surface area contributed by atoms with Crippen LogP contribution in [0.1, 0.15) is 0 Å². The first-order valence-electron chi connectivity index (χ1n) is 0.970. The van der Waals surface area contributed by atoms with E-state index in [9.17, 15) is 8.39 Å². The van der Waals surface area contributed by atoms with Crippen molar-refractivity contribution in [2.45, 2.75) is 0 Å². The van der Waals surface area contributed by atoms with Gasteiger partial charge in [0, 0.05) is 0 Å². The van der Waals surface area contributed by atoms with Crippen LogP contribution in [0.5, 0.6) is 0 Å².